The molecule has 1 heterocycles. The fourth-order valence-corrected chi connectivity index (χ4v) is 2.90. The second-order valence-electron chi connectivity index (χ2n) is 6.60. The summed E-state index contributed by atoms with van der Waals surface area (Å²) in [7, 11) is 0. The molecule has 0 aliphatic carbocycles. The molecule has 2 rings (SSSR count). The summed E-state index contributed by atoms with van der Waals surface area (Å²) in [6, 6.07) is 6.18. The van der Waals surface area contributed by atoms with Crippen molar-refractivity contribution in [3.63, 3.8) is 0 Å². The SMILES string of the molecule is C=CCn1c(COc2ccccc2F)nnc1SCC(=O)NC(C)(C)C. The lowest BCUT2D eigenvalue weighted by molar-refractivity contribution is -0.119. The van der Waals surface area contributed by atoms with Gasteiger partial charge >= 0.3 is 0 Å². The lowest BCUT2D eigenvalue weighted by Gasteiger charge is -2.20. The van der Waals surface area contributed by atoms with Crippen LogP contribution in [0, 0.1) is 5.82 Å². The van der Waals surface area contributed by atoms with Gasteiger partial charge < -0.3 is 10.1 Å². The van der Waals surface area contributed by atoms with Crippen LogP contribution >= 0.6 is 11.8 Å². The van der Waals surface area contributed by atoms with Crippen molar-refractivity contribution in [3.05, 3.63) is 48.6 Å². The van der Waals surface area contributed by atoms with E-state index in [4.69, 9.17) is 4.74 Å². The second-order valence-corrected chi connectivity index (χ2v) is 7.55. The first kappa shape index (κ1) is 20.0. The third-order valence-corrected chi connectivity index (χ3v) is 4.11. The van der Waals surface area contributed by atoms with E-state index in [1.54, 1.807) is 28.8 Å². The molecule has 0 saturated heterocycles. The number of benzene rings is 1. The molecule has 0 aliphatic heterocycles. The van der Waals surface area contributed by atoms with E-state index in [2.05, 4.69) is 22.1 Å². The van der Waals surface area contributed by atoms with Crippen LogP contribution in [0.25, 0.3) is 0 Å². The minimum atomic E-state index is -0.435. The maximum Gasteiger partial charge on any atom is 0.230 e. The number of amides is 1. The molecule has 0 unspecified atom stereocenters. The highest BCUT2D eigenvalue weighted by Crippen LogP contribution is 2.20. The maximum absolute atomic E-state index is 13.7. The molecular formula is C18H23FN4O2S. The van der Waals surface area contributed by atoms with E-state index >= 15 is 0 Å². The van der Waals surface area contributed by atoms with Crippen molar-refractivity contribution < 1.29 is 13.9 Å². The van der Waals surface area contributed by atoms with Crippen LogP contribution in [0.15, 0.2) is 42.1 Å². The van der Waals surface area contributed by atoms with Gasteiger partial charge in [-0.2, -0.15) is 0 Å². The molecule has 6 nitrogen and oxygen atoms in total. The zero-order valence-electron chi connectivity index (χ0n) is 15.2. The Labute approximate surface area is 156 Å². The van der Waals surface area contributed by atoms with Gasteiger partial charge in [0, 0.05) is 12.1 Å². The number of hydrogen-bond donors (Lipinski definition) is 1. The molecule has 1 aromatic carbocycles. The van der Waals surface area contributed by atoms with Crippen LogP contribution in [0.1, 0.15) is 26.6 Å². The molecule has 2 aromatic rings. The van der Waals surface area contributed by atoms with Crippen molar-refractivity contribution in [3.8, 4) is 5.75 Å². The zero-order chi connectivity index (χ0) is 19.2. The third kappa shape index (κ3) is 5.87. The van der Waals surface area contributed by atoms with Gasteiger partial charge in [-0.3, -0.25) is 9.36 Å². The van der Waals surface area contributed by atoms with Gasteiger partial charge in [0.15, 0.2) is 22.5 Å². The first-order chi connectivity index (χ1) is 12.3. The van der Waals surface area contributed by atoms with Gasteiger partial charge in [-0.25, -0.2) is 4.39 Å². The van der Waals surface area contributed by atoms with E-state index in [9.17, 15) is 9.18 Å². The summed E-state index contributed by atoms with van der Waals surface area (Å²) in [5.74, 6) is 0.391. The van der Waals surface area contributed by atoms with Gasteiger partial charge in [-0.1, -0.05) is 30.0 Å². The van der Waals surface area contributed by atoms with Gasteiger partial charge in [-0.15, -0.1) is 16.8 Å². The van der Waals surface area contributed by atoms with Crippen LogP contribution < -0.4 is 10.1 Å². The second kappa shape index (κ2) is 8.84. The molecule has 0 radical (unpaired) electrons. The first-order valence-electron chi connectivity index (χ1n) is 8.14. The van der Waals surface area contributed by atoms with Crippen molar-refractivity contribution >= 4 is 17.7 Å². The molecule has 0 aliphatic rings. The lowest BCUT2D eigenvalue weighted by atomic mass is 10.1. The van der Waals surface area contributed by atoms with Crippen LogP contribution in [0.3, 0.4) is 0 Å². The van der Waals surface area contributed by atoms with Crippen molar-refractivity contribution in [2.45, 2.75) is 44.6 Å². The standard InChI is InChI=1S/C18H23FN4O2S/c1-5-10-23-15(11-25-14-9-7-6-8-13(14)19)21-22-17(23)26-12-16(24)20-18(2,3)4/h5-9H,1,10-12H2,2-4H3,(H,20,24). The van der Waals surface area contributed by atoms with E-state index in [0.717, 1.165) is 0 Å². The van der Waals surface area contributed by atoms with Crippen LogP contribution in [0.4, 0.5) is 4.39 Å². The normalized spacial score (nSPS) is 11.2. The number of allylic oxidation sites excluding steroid dienone is 1. The van der Waals surface area contributed by atoms with E-state index in [-0.39, 0.29) is 29.6 Å². The van der Waals surface area contributed by atoms with Crippen molar-refractivity contribution in [1.82, 2.24) is 20.1 Å². The van der Waals surface area contributed by atoms with Crippen LogP contribution in [0.2, 0.25) is 0 Å². The molecule has 1 aromatic heterocycles. The highest BCUT2D eigenvalue weighted by molar-refractivity contribution is 7.99. The average molecular weight is 378 g/mol. The van der Waals surface area contributed by atoms with Crippen LogP contribution in [-0.2, 0) is 17.9 Å². The Kier molecular flexibility index (Phi) is 6.79. The summed E-state index contributed by atoms with van der Waals surface area (Å²) < 4.78 is 20.9. The van der Waals surface area contributed by atoms with E-state index in [1.807, 2.05) is 20.8 Å². The molecule has 0 fully saturated rings. The van der Waals surface area contributed by atoms with Crippen molar-refractivity contribution in [2.24, 2.45) is 0 Å². The average Bonchev–Trinajstić information content (AvgIpc) is 2.93. The maximum atomic E-state index is 13.7. The Morgan fingerprint density at radius 2 is 2.12 bits per heavy atom. The van der Waals surface area contributed by atoms with E-state index in [1.165, 1.54) is 17.8 Å². The Balaban J connectivity index is 2.04. The summed E-state index contributed by atoms with van der Waals surface area (Å²) in [5, 5.41) is 11.7. The van der Waals surface area contributed by atoms with Gasteiger partial charge in [0.1, 0.15) is 6.61 Å². The Bertz CT molecular complexity index is 771. The number of carbonyl (C=O) groups is 1. The van der Waals surface area contributed by atoms with Gasteiger partial charge in [0.2, 0.25) is 5.91 Å². The van der Waals surface area contributed by atoms with Gasteiger partial charge in [0.25, 0.3) is 0 Å². The highest BCUT2D eigenvalue weighted by Gasteiger charge is 2.17. The minimum absolute atomic E-state index is 0.0660. The van der Waals surface area contributed by atoms with Gasteiger partial charge in [-0.05, 0) is 32.9 Å². The molecule has 0 spiro atoms. The van der Waals surface area contributed by atoms with Gasteiger partial charge in [0.05, 0.1) is 5.75 Å². The molecule has 1 amide bonds. The minimum Gasteiger partial charge on any atom is -0.483 e. The van der Waals surface area contributed by atoms with E-state index < -0.39 is 5.82 Å². The summed E-state index contributed by atoms with van der Waals surface area (Å²) in [6.45, 7) is 10.0. The lowest BCUT2D eigenvalue weighted by Crippen LogP contribution is -2.41. The summed E-state index contributed by atoms with van der Waals surface area (Å²) in [6.07, 6.45) is 1.70. The first-order valence-corrected chi connectivity index (χ1v) is 9.13. The number of carbonyl (C=O) groups excluding carboxylic acids is 1. The van der Waals surface area contributed by atoms with Crippen LogP contribution in [-0.4, -0.2) is 32.0 Å². The Morgan fingerprint density at radius 3 is 2.77 bits per heavy atom. The smallest absolute Gasteiger partial charge is 0.230 e. The van der Waals surface area contributed by atoms with Crippen molar-refractivity contribution in [2.75, 3.05) is 5.75 Å². The molecule has 26 heavy (non-hydrogen) atoms. The number of rotatable bonds is 8. The zero-order valence-corrected chi connectivity index (χ0v) is 16.0. The molecule has 0 bridgehead atoms. The number of hydrogen-bond acceptors (Lipinski definition) is 5. The van der Waals surface area contributed by atoms with Crippen molar-refractivity contribution in [1.29, 1.82) is 0 Å². The van der Waals surface area contributed by atoms with Crippen LogP contribution in [0.5, 0.6) is 5.75 Å². The molecule has 8 heteroatoms. The summed E-state index contributed by atoms with van der Waals surface area (Å²) >= 11 is 1.28. The number of halogens is 1. The monoisotopic (exact) mass is 378 g/mol. The molecular weight excluding hydrogens is 355 g/mol. The van der Waals surface area contributed by atoms with E-state index in [0.29, 0.717) is 17.5 Å². The largest absolute Gasteiger partial charge is 0.483 e. The molecule has 140 valence electrons. The number of nitrogens with zero attached hydrogens (tertiary/aromatic N) is 3. The number of para-hydroxylation sites is 1. The Hall–Kier alpha value is -2.35. The predicted molar refractivity (Wildman–Crippen MR) is 99.6 cm³/mol. The molecule has 1 N–H and O–H groups in total. The summed E-state index contributed by atoms with van der Waals surface area (Å²) in [4.78, 5) is 12.0. The number of thioether (sulfide) groups is 1. The Morgan fingerprint density at radius 1 is 1.38 bits per heavy atom. The highest BCUT2D eigenvalue weighted by atomic mass is 32.2. The fraction of sp³-hybridized carbons (Fsp3) is 0.389. The quantitative estimate of drug-likeness (QED) is 0.564. The fourth-order valence-electron chi connectivity index (χ4n) is 2.13. The molecule has 0 atom stereocenters. The topological polar surface area (TPSA) is 69.0 Å². The number of aromatic nitrogens is 3. The summed E-state index contributed by atoms with van der Waals surface area (Å²) in [5.41, 5.74) is -0.287. The molecule has 0 saturated carbocycles. The number of ether oxygens (including phenoxy) is 1. The third-order valence-electron chi connectivity index (χ3n) is 3.15. The number of nitrogens with one attached hydrogen (secondary N) is 1. The predicted octanol–water partition coefficient (Wildman–Crippen LogP) is 3.19.